The van der Waals surface area contributed by atoms with Crippen molar-refractivity contribution in [3.05, 3.63) is 33.8 Å². The Morgan fingerprint density at radius 2 is 2.06 bits per heavy atom. The molecule has 1 aliphatic heterocycles. The van der Waals surface area contributed by atoms with Gasteiger partial charge in [-0.1, -0.05) is 27.6 Å². The van der Waals surface area contributed by atoms with Crippen LogP contribution in [0.2, 0.25) is 0 Å². The van der Waals surface area contributed by atoms with Gasteiger partial charge < -0.3 is 10.1 Å². The van der Waals surface area contributed by atoms with E-state index in [1.807, 2.05) is 12.1 Å². The summed E-state index contributed by atoms with van der Waals surface area (Å²) in [5.41, 5.74) is 2.71. The van der Waals surface area contributed by atoms with Crippen molar-refractivity contribution in [1.29, 1.82) is 0 Å². The van der Waals surface area contributed by atoms with Gasteiger partial charge in [0.15, 0.2) is 0 Å². The lowest BCUT2D eigenvalue weighted by Crippen LogP contribution is -2.22. The lowest BCUT2D eigenvalue weighted by atomic mass is 10.0. The topological polar surface area (TPSA) is 21.3 Å². The first-order chi connectivity index (χ1) is 7.79. The molecule has 0 bridgehead atoms. The normalized spacial score (nSPS) is 16.0. The molecule has 86 valence electrons. The first-order valence-corrected chi connectivity index (χ1v) is 6.32. The summed E-state index contributed by atoms with van der Waals surface area (Å²) < 4.78 is 6.36. The second kappa shape index (κ2) is 5.51. The van der Waals surface area contributed by atoms with Crippen LogP contribution in [-0.2, 0) is 0 Å². The van der Waals surface area contributed by atoms with Crippen LogP contribution in [0.5, 0.6) is 5.75 Å². The summed E-state index contributed by atoms with van der Waals surface area (Å²) in [6, 6.07) is 6.07. The number of hydrogen-bond acceptors (Lipinski definition) is 2. The molecule has 0 unspecified atom stereocenters. The third-order valence-electron chi connectivity index (χ3n) is 2.81. The number of nitrogens with one attached hydrogen (secondary N) is 1. The molecule has 1 saturated heterocycles. The smallest absolute Gasteiger partial charge is 0.119 e. The summed E-state index contributed by atoms with van der Waals surface area (Å²) in [6.45, 7) is 2.18. The van der Waals surface area contributed by atoms with Crippen LogP contribution < -0.4 is 10.1 Å². The predicted octanol–water partition coefficient (Wildman–Crippen LogP) is 3.22. The molecule has 0 aliphatic carbocycles. The van der Waals surface area contributed by atoms with E-state index in [-0.39, 0.29) is 0 Å². The summed E-state index contributed by atoms with van der Waals surface area (Å²) >= 11 is 3.57. The van der Waals surface area contributed by atoms with Crippen molar-refractivity contribution in [2.24, 2.45) is 0 Å². The maximum Gasteiger partial charge on any atom is 0.119 e. The van der Waals surface area contributed by atoms with Crippen molar-refractivity contribution < 1.29 is 4.74 Å². The molecule has 1 aromatic rings. The Kier molecular flexibility index (Phi) is 4.02. The van der Waals surface area contributed by atoms with Gasteiger partial charge in [-0.05, 0) is 49.7 Å². The number of rotatable bonds is 2. The molecule has 0 atom stereocenters. The van der Waals surface area contributed by atoms with Gasteiger partial charge in [0.25, 0.3) is 0 Å². The molecule has 1 N–H and O–H groups in total. The number of piperidine rings is 1. The number of hydrogen-bond donors (Lipinski definition) is 1. The lowest BCUT2D eigenvalue weighted by Gasteiger charge is -2.15. The fraction of sp³-hybridized carbons (Fsp3) is 0.385. The fourth-order valence-corrected chi connectivity index (χ4v) is 2.23. The van der Waals surface area contributed by atoms with E-state index in [0.717, 1.165) is 36.2 Å². The van der Waals surface area contributed by atoms with E-state index in [1.54, 1.807) is 7.11 Å². The van der Waals surface area contributed by atoms with Gasteiger partial charge in [0.2, 0.25) is 0 Å². The zero-order chi connectivity index (χ0) is 11.4. The van der Waals surface area contributed by atoms with E-state index in [0.29, 0.717) is 0 Å². The van der Waals surface area contributed by atoms with E-state index < -0.39 is 0 Å². The molecule has 3 heteroatoms. The summed E-state index contributed by atoms with van der Waals surface area (Å²) in [4.78, 5) is 0. The van der Waals surface area contributed by atoms with E-state index in [4.69, 9.17) is 4.74 Å². The highest BCUT2D eigenvalue weighted by atomic mass is 79.9. The van der Waals surface area contributed by atoms with Gasteiger partial charge in [-0.15, -0.1) is 0 Å². The fourth-order valence-electron chi connectivity index (χ4n) is 1.87. The van der Waals surface area contributed by atoms with Crippen LogP contribution in [0.1, 0.15) is 18.4 Å². The van der Waals surface area contributed by atoms with E-state index in [1.165, 1.54) is 11.1 Å². The maximum absolute atomic E-state index is 5.24. The molecule has 2 rings (SSSR count). The zero-order valence-electron chi connectivity index (χ0n) is 9.42. The van der Waals surface area contributed by atoms with Crippen LogP contribution >= 0.6 is 15.9 Å². The van der Waals surface area contributed by atoms with Gasteiger partial charge in [-0.2, -0.15) is 0 Å². The monoisotopic (exact) mass is 281 g/mol. The average Bonchev–Trinajstić information content (AvgIpc) is 2.33. The number of benzene rings is 1. The molecule has 16 heavy (non-hydrogen) atoms. The number of methoxy groups -OCH3 is 1. The Labute approximate surface area is 105 Å². The summed E-state index contributed by atoms with van der Waals surface area (Å²) in [6.07, 6.45) is 4.56. The number of ether oxygens (including phenoxy) is 1. The van der Waals surface area contributed by atoms with E-state index in [9.17, 15) is 0 Å². The van der Waals surface area contributed by atoms with Crippen LogP contribution in [0.15, 0.2) is 28.2 Å². The third kappa shape index (κ3) is 2.86. The minimum absolute atomic E-state index is 0.906. The van der Waals surface area contributed by atoms with Gasteiger partial charge in [-0.25, -0.2) is 0 Å². The van der Waals surface area contributed by atoms with Gasteiger partial charge in [0.05, 0.1) is 7.11 Å². The van der Waals surface area contributed by atoms with Crippen LogP contribution in [0.3, 0.4) is 0 Å². The Balaban J connectivity index is 2.24. The summed E-state index contributed by atoms with van der Waals surface area (Å²) in [7, 11) is 1.70. The van der Waals surface area contributed by atoms with Crippen LogP contribution in [0.25, 0.3) is 6.08 Å². The Morgan fingerprint density at radius 3 is 2.75 bits per heavy atom. The average molecular weight is 282 g/mol. The van der Waals surface area contributed by atoms with Crippen molar-refractivity contribution >= 4 is 22.0 Å². The summed E-state index contributed by atoms with van der Waals surface area (Å²) in [5.74, 6) is 0.906. The molecular formula is C13H16BrNO. The minimum Gasteiger partial charge on any atom is -0.497 e. The molecule has 1 aromatic carbocycles. The lowest BCUT2D eigenvalue weighted by molar-refractivity contribution is 0.414. The zero-order valence-corrected chi connectivity index (χ0v) is 11.0. The van der Waals surface area contributed by atoms with Gasteiger partial charge in [0.1, 0.15) is 5.75 Å². The standard InChI is InChI=1S/C13H16BrNO/c1-16-12-2-3-13(14)11(9-12)8-10-4-6-15-7-5-10/h2-3,8-9,15H,4-7H2,1H3. The van der Waals surface area contributed by atoms with Crippen molar-refractivity contribution in [2.75, 3.05) is 20.2 Å². The highest BCUT2D eigenvalue weighted by Crippen LogP contribution is 2.26. The second-order valence-corrected chi connectivity index (χ2v) is 4.79. The predicted molar refractivity (Wildman–Crippen MR) is 70.8 cm³/mol. The van der Waals surface area contributed by atoms with E-state index >= 15 is 0 Å². The van der Waals surface area contributed by atoms with Crippen molar-refractivity contribution in [2.45, 2.75) is 12.8 Å². The van der Waals surface area contributed by atoms with Crippen LogP contribution in [0, 0.1) is 0 Å². The molecule has 0 amide bonds. The molecule has 1 fully saturated rings. The molecule has 1 heterocycles. The molecule has 0 saturated carbocycles. The van der Waals surface area contributed by atoms with Crippen LogP contribution in [-0.4, -0.2) is 20.2 Å². The molecule has 0 aromatic heterocycles. The largest absolute Gasteiger partial charge is 0.497 e. The van der Waals surface area contributed by atoms with Crippen molar-refractivity contribution in [1.82, 2.24) is 5.32 Å². The second-order valence-electron chi connectivity index (χ2n) is 3.94. The maximum atomic E-state index is 5.24. The van der Waals surface area contributed by atoms with Crippen LogP contribution in [0.4, 0.5) is 0 Å². The minimum atomic E-state index is 0.906. The third-order valence-corrected chi connectivity index (χ3v) is 3.53. The molecule has 1 aliphatic rings. The van der Waals surface area contributed by atoms with Gasteiger partial charge >= 0.3 is 0 Å². The highest BCUT2D eigenvalue weighted by Gasteiger charge is 2.06. The number of halogens is 1. The van der Waals surface area contributed by atoms with Crippen molar-refractivity contribution in [3.63, 3.8) is 0 Å². The molecule has 0 radical (unpaired) electrons. The quantitative estimate of drug-likeness (QED) is 0.899. The van der Waals surface area contributed by atoms with Gasteiger partial charge in [-0.3, -0.25) is 0 Å². The highest BCUT2D eigenvalue weighted by molar-refractivity contribution is 9.10. The Morgan fingerprint density at radius 1 is 1.31 bits per heavy atom. The first kappa shape index (κ1) is 11.7. The summed E-state index contributed by atoms with van der Waals surface area (Å²) in [5, 5.41) is 3.36. The Bertz CT molecular complexity index is 393. The first-order valence-electron chi connectivity index (χ1n) is 5.53. The molecular weight excluding hydrogens is 266 g/mol. The Hall–Kier alpha value is -0.800. The molecule has 2 nitrogen and oxygen atoms in total. The molecule has 0 spiro atoms. The van der Waals surface area contributed by atoms with Gasteiger partial charge in [0, 0.05) is 4.47 Å². The van der Waals surface area contributed by atoms with Crippen molar-refractivity contribution in [3.8, 4) is 5.75 Å². The van der Waals surface area contributed by atoms with E-state index in [2.05, 4.69) is 33.4 Å². The SMILES string of the molecule is COc1ccc(Br)c(C=C2CCNCC2)c1.